The predicted octanol–water partition coefficient (Wildman–Crippen LogP) is 2.71. The minimum absolute atomic E-state index is 0.352. The summed E-state index contributed by atoms with van der Waals surface area (Å²) < 4.78 is 11.0. The fraction of sp³-hybridized carbons (Fsp3) is 0.529. The fourth-order valence-electron chi connectivity index (χ4n) is 2.31. The quantitative estimate of drug-likeness (QED) is 0.640. The molecule has 0 aromatic heterocycles. The lowest BCUT2D eigenvalue weighted by Gasteiger charge is -2.24. The summed E-state index contributed by atoms with van der Waals surface area (Å²) in [6.45, 7) is 1.83. The minimum atomic E-state index is 0.352. The van der Waals surface area contributed by atoms with E-state index in [0.717, 1.165) is 29.4 Å². The lowest BCUT2D eigenvalue weighted by molar-refractivity contribution is 0.0949. The first-order valence-electron chi connectivity index (χ1n) is 7.27. The highest BCUT2D eigenvalue weighted by atomic mass is 16.5. The molecule has 1 aromatic rings. The second-order valence-electron chi connectivity index (χ2n) is 5.18. The van der Waals surface area contributed by atoms with Crippen molar-refractivity contribution in [3.8, 4) is 17.6 Å². The summed E-state index contributed by atoms with van der Waals surface area (Å²) in [7, 11) is 1.65. The number of rotatable bonds is 6. The molecule has 0 radical (unpaired) electrons. The van der Waals surface area contributed by atoms with Crippen LogP contribution in [-0.4, -0.2) is 20.3 Å². The van der Waals surface area contributed by atoms with Gasteiger partial charge in [-0.1, -0.05) is 37.2 Å². The van der Waals surface area contributed by atoms with Crippen molar-refractivity contribution in [1.29, 1.82) is 0 Å². The summed E-state index contributed by atoms with van der Waals surface area (Å²) in [4.78, 5) is 0. The van der Waals surface area contributed by atoms with E-state index in [1.807, 2.05) is 18.2 Å². The summed E-state index contributed by atoms with van der Waals surface area (Å²) in [5.74, 6) is 7.58. The zero-order chi connectivity index (χ0) is 14.2. The van der Waals surface area contributed by atoms with Crippen LogP contribution in [0.2, 0.25) is 0 Å². The Labute approximate surface area is 121 Å². The molecule has 2 N–H and O–H groups in total. The van der Waals surface area contributed by atoms with Crippen LogP contribution in [0.4, 0.5) is 0 Å². The molecule has 0 unspecified atom stereocenters. The van der Waals surface area contributed by atoms with Crippen molar-refractivity contribution in [1.82, 2.24) is 0 Å². The standard InChI is InChI=1S/C17H23NO2/c1-19-17-8-7-15(12-16(17)6-3-10-18)13-20-11-9-14-4-2-5-14/h7-8,12,14H,2,4-5,9-11,13,18H2,1H3. The van der Waals surface area contributed by atoms with E-state index in [1.165, 1.54) is 25.7 Å². The summed E-state index contributed by atoms with van der Waals surface area (Å²) in [6.07, 6.45) is 5.34. The van der Waals surface area contributed by atoms with Crippen LogP contribution in [0, 0.1) is 17.8 Å². The van der Waals surface area contributed by atoms with Crippen LogP contribution < -0.4 is 10.5 Å². The molecule has 3 nitrogen and oxygen atoms in total. The third-order valence-corrected chi connectivity index (χ3v) is 3.75. The zero-order valence-electron chi connectivity index (χ0n) is 12.2. The first kappa shape index (κ1) is 14.9. The number of benzene rings is 1. The van der Waals surface area contributed by atoms with Crippen LogP contribution in [0.1, 0.15) is 36.8 Å². The Hall–Kier alpha value is -1.50. The Bertz CT molecular complexity index is 483. The zero-order valence-corrected chi connectivity index (χ0v) is 12.2. The van der Waals surface area contributed by atoms with Gasteiger partial charge in [0.1, 0.15) is 5.75 Å². The van der Waals surface area contributed by atoms with Crippen molar-refractivity contribution < 1.29 is 9.47 Å². The molecule has 3 heteroatoms. The van der Waals surface area contributed by atoms with Crippen LogP contribution in [0.5, 0.6) is 5.75 Å². The van der Waals surface area contributed by atoms with E-state index in [0.29, 0.717) is 13.2 Å². The number of methoxy groups -OCH3 is 1. The van der Waals surface area contributed by atoms with Crippen molar-refractivity contribution >= 4 is 0 Å². The molecule has 0 aliphatic heterocycles. The van der Waals surface area contributed by atoms with Gasteiger partial charge >= 0.3 is 0 Å². The summed E-state index contributed by atoms with van der Waals surface area (Å²) in [5, 5.41) is 0. The molecule has 1 aromatic carbocycles. The van der Waals surface area contributed by atoms with E-state index in [2.05, 4.69) is 11.8 Å². The topological polar surface area (TPSA) is 44.5 Å². The van der Waals surface area contributed by atoms with Gasteiger partial charge in [0, 0.05) is 6.61 Å². The molecule has 1 aliphatic carbocycles. The monoisotopic (exact) mass is 273 g/mol. The molecule has 108 valence electrons. The average molecular weight is 273 g/mol. The summed E-state index contributed by atoms with van der Waals surface area (Å²) >= 11 is 0. The van der Waals surface area contributed by atoms with Gasteiger partial charge in [0.05, 0.1) is 25.8 Å². The maximum absolute atomic E-state index is 5.75. The molecule has 0 amide bonds. The highest BCUT2D eigenvalue weighted by Gasteiger charge is 2.16. The van der Waals surface area contributed by atoms with E-state index in [9.17, 15) is 0 Å². The maximum Gasteiger partial charge on any atom is 0.134 e. The molecule has 0 saturated heterocycles. The van der Waals surface area contributed by atoms with Gasteiger partial charge in [0.25, 0.3) is 0 Å². The first-order chi connectivity index (χ1) is 9.83. The van der Waals surface area contributed by atoms with E-state index in [1.54, 1.807) is 7.11 Å². The third kappa shape index (κ3) is 4.26. The Morgan fingerprint density at radius 3 is 2.85 bits per heavy atom. The van der Waals surface area contributed by atoms with Crippen LogP contribution in [-0.2, 0) is 11.3 Å². The van der Waals surface area contributed by atoms with Gasteiger partial charge < -0.3 is 15.2 Å². The molecule has 2 rings (SSSR count). The Morgan fingerprint density at radius 1 is 1.35 bits per heavy atom. The molecule has 1 fully saturated rings. The van der Waals surface area contributed by atoms with Crippen molar-refractivity contribution in [2.75, 3.05) is 20.3 Å². The normalized spacial score (nSPS) is 14.3. The highest BCUT2D eigenvalue weighted by Crippen LogP contribution is 2.29. The second-order valence-corrected chi connectivity index (χ2v) is 5.18. The van der Waals surface area contributed by atoms with E-state index < -0.39 is 0 Å². The smallest absolute Gasteiger partial charge is 0.134 e. The fourth-order valence-corrected chi connectivity index (χ4v) is 2.31. The van der Waals surface area contributed by atoms with E-state index >= 15 is 0 Å². The van der Waals surface area contributed by atoms with E-state index in [4.69, 9.17) is 15.2 Å². The van der Waals surface area contributed by atoms with E-state index in [-0.39, 0.29) is 0 Å². The molecule has 1 aliphatic rings. The van der Waals surface area contributed by atoms with Gasteiger partial charge in [0.15, 0.2) is 0 Å². The van der Waals surface area contributed by atoms with Crippen LogP contribution in [0.15, 0.2) is 18.2 Å². The minimum Gasteiger partial charge on any atom is -0.495 e. The maximum atomic E-state index is 5.75. The number of ether oxygens (including phenoxy) is 2. The van der Waals surface area contributed by atoms with Crippen LogP contribution >= 0.6 is 0 Å². The van der Waals surface area contributed by atoms with Crippen molar-refractivity contribution in [3.05, 3.63) is 29.3 Å². The molecular weight excluding hydrogens is 250 g/mol. The van der Waals surface area contributed by atoms with Crippen LogP contribution in [0.25, 0.3) is 0 Å². The van der Waals surface area contributed by atoms with Gasteiger partial charge in [-0.15, -0.1) is 0 Å². The lowest BCUT2D eigenvalue weighted by Crippen LogP contribution is -2.13. The summed E-state index contributed by atoms with van der Waals surface area (Å²) in [6, 6.07) is 5.98. The first-order valence-corrected chi connectivity index (χ1v) is 7.27. The van der Waals surface area contributed by atoms with Gasteiger partial charge in [-0.25, -0.2) is 0 Å². The van der Waals surface area contributed by atoms with Crippen molar-refractivity contribution in [2.45, 2.75) is 32.3 Å². The van der Waals surface area contributed by atoms with Crippen molar-refractivity contribution in [3.63, 3.8) is 0 Å². The van der Waals surface area contributed by atoms with Gasteiger partial charge in [0.2, 0.25) is 0 Å². The molecular formula is C17H23NO2. The second kappa shape index (κ2) is 7.94. The highest BCUT2D eigenvalue weighted by molar-refractivity contribution is 5.48. The molecule has 20 heavy (non-hydrogen) atoms. The largest absolute Gasteiger partial charge is 0.495 e. The SMILES string of the molecule is COc1ccc(COCCC2CCC2)cc1C#CCN. The Kier molecular flexibility index (Phi) is 5.91. The Morgan fingerprint density at radius 2 is 2.20 bits per heavy atom. The van der Waals surface area contributed by atoms with Crippen molar-refractivity contribution in [2.24, 2.45) is 11.7 Å². The molecule has 0 spiro atoms. The third-order valence-electron chi connectivity index (χ3n) is 3.75. The number of hydrogen-bond donors (Lipinski definition) is 1. The Balaban J connectivity index is 1.86. The van der Waals surface area contributed by atoms with Crippen LogP contribution in [0.3, 0.4) is 0 Å². The predicted molar refractivity (Wildman–Crippen MR) is 80.5 cm³/mol. The van der Waals surface area contributed by atoms with Gasteiger partial charge in [-0.05, 0) is 30.0 Å². The summed E-state index contributed by atoms with van der Waals surface area (Å²) in [5.41, 5.74) is 7.41. The van der Waals surface area contributed by atoms with Gasteiger partial charge in [-0.3, -0.25) is 0 Å². The molecule has 0 heterocycles. The molecule has 0 bridgehead atoms. The molecule has 1 saturated carbocycles. The van der Waals surface area contributed by atoms with Gasteiger partial charge in [-0.2, -0.15) is 0 Å². The molecule has 0 atom stereocenters. The lowest BCUT2D eigenvalue weighted by atomic mass is 9.83. The average Bonchev–Trinajstić information content (AvgIpc) is 2.43. The number of nitrogens with two attached hydrogens (primary N) is 1. The number of hydrogen-bond acceptors (Lipinski definition) is 3.